The maximum absolute atomic E-state index is 12.7. The van der Waals surface area contributed by atoms with E-state index in [4.69, 9.17) is 23.8 Å². The Hall–Kier alpha value is -1.55. The van der Waals surface area contributed by atoms with Crippen molar-refractivity contribution in [3.05, 3.63) is 12.2 Å². The summed E-state index contributed by atoms with van der Waals surface area (Å²) in [6, 6.07) is 0. The number of hydrogen-bond acceptors (Lipinski definition) is 13. The van der Waals surface area contributed by atoms with Gasteiger partial charge in [-0.25, -0.2) is 9.13 Å². The van der Waals surface area contributed by atoms with Crippen LogP contribution in [0.25, 0.3) is 0 Å². The van der Waals surface area contributed by atoms with Crippen molar-refractivity contribution in [1.82, 2.24) is 0 Å². The Morgan fingerprint density at radius 2 is 1.23 bits per heavy atom. The summed E-state index contributed by atoms with van der Waals surface area (Å²) in [5, 5.41) is 30.5. The van der Waals surface area contributed by atoms with Gasteiger partial charge in [-0.05, 0) is 37.5 Å². The van der Waals surface area contributed by atoms with Crippen LogP contribution in [0.5, 0.6) is 0 Å². The molecule has 7 atom stereocenters. The molecule has 358 valence electrons. The van der Waals surface area contributed by atoms with Crippen molar-refractivity contribution in [2.24, 2.45) is 17.8 Å². The second-order valence-corrected chi connectivity index (χ2v) is 19.6. The first-order valence-corrected chi connectivity index (χ1v) is 25.9. The number of hydrogen-bond donors (Lipinski definition) is 6. The third-order valence-electron chi connectivity index (χ3n) is 10.7. The van der Waals surface area contributed by atoms with E-state index in [1.54, 1.807) is 12.2 Å². The number of carbonyl (C=O) groups is 3. The van der Waals surface area contributed by atoms with Gasteiger partial charge >= 0.3 is 27.6 Å². The van der Waals surface area contributed by atoms with Gasteiger partial charge in [0.15, 0.2) is 6.10 Å². The van der Waals surface area contributed by atoms with Crippen LogP contribution in [0.4, 0.5) is 0 Å². The molecular formula is C43H80O16P2. The Bertz CT molecular complexity index is 1310. The average molecular weight is 915 g/mol. The maximum atomic E-state index is 12.7. The largest absolute Gasteiger partial charge is 0.472 e. The van der Waals surface area contributed by atoms with Gasteiger partial charge in [0.2, 0.25) is 0 Å². The number of ketones is 1. The molecule has 0 saturated heterocycles. The number of unbranched alkanes of at least 4 members (excludes halogenated alkanes) is 15. The molecule has 16 nitrogen and oxygen atoms in total. The number of carbonyl (C=O) groups excluding carboxylic acids is 3. The highest BCUT2D eigenvalue weighted by molar-refractivity contribution is 7.47. The second kappa shape index (κ2) is 33.9. The van der Waals surface area contributed by atoms with Gasteiger partial charge in [0.05, 0.1) is 32.0 Å². The van der Waals surface area contributed by atoms with E-state index in [-0.39, 0.29) is 31.0 Å². The number of esters is 2. The van der Waals surface area contributed by atoms with Crippen molar-refractivity contribution in [1.29, 1.82) is 0 Å². The zero-order valence-corrected chi connectivity index (χ0v) is 38.9. The standard InChI is InChI=1S/C43H80O16P2/c1-4-5-17-23-35(44)27-28-39-38(40(46)29-41(39)47)24-19-15-16-20-25-42(48)55-32-37(33-58-61(53,54)57-31-36(45)30-56-60(50,51)52)59-43(49)26-21-14-12-10-8-6-7-9-11-13-18-22-34(2)3/h27-28,34-40,44-46H,4-26,29-33H2,1-3H3,(H,53,54)(H2,50,51,52)/b28-27+/t35-,36-,37+,38+,39+,40-/m0/s1. The first-order valence-electron chi connectivity index (χ1n) is 22.8. The van der Waals surface area contributed by atoms with Crippen LogP contribution in [-0.4, -0.2) is 98.6 Å². The van der Waals surface area contributed by atoms with Gasteiger partial charge in [-0.15, -0.1) is 0 Å². The average Bonchev–Trinajstić information content (AvgIpc) is 3.46. The van der Waals surface area contributed by atoms with Crippen LogP contribution in [-0.2, 0) is 46.6 Å². The fourth-order valence-electron chi connectivity index (χ4n) is 7.20. The van der Waals surface area contributed by atoms with Crippen LogP contribution in [0.2, 0.25) is 0 Å². The van der Waals surface area contributed by atoms with E-state index < -0.39 is 84.3 Å². The van der Waals surface area contributed by atoms with E-state index in [1.165, 1.54) is 44.9 Å². The predicted molar refractivity (Wildman–Crippen MR) is 231 cm³/mol. The summed E-state index contributed by atoms with van der Waals surface area (Å²) in [6.45, 7) is 3.70. The molecule has 0 bridgehead atoms. The highest BCUT2D eigenvalue weighted by Gasteiger charge is 2.39. The van der Waals surface area contributed by atoms with Gasteiger partial charge in [-0.2, -0.15) is 0 Å². The number of Topliss-reactive ketones (excluding diaryl/α,β-unsaturated/α-hetero) is 1. The quantitative estimate of drug-likeness (QED) is 0.0147. The molecule has 1 fully saturated rings. The van der Waals surface area contributed by atoms with Crippen LogP contribution < -0.4 is 0 Å². The van der Waals surface area contributed by atoms with Gasteiger partial charge in [-0.3, -0.25) is 28.0 Å². The zero-order valence-electron chi connectivity index (χ0n) is 37.2. The number of phosphoric acid groups is 2. The molecule has 1 saturated carbocycles. The molecule has 0 aromatic heterocycles. The molecule has 0 radical (unpaired) electrons. The molecule has 0 aromatic rings. The summed E-state index contributed by atoms with van der Waals surface area (Å²) >= 11 is 0. The summed E-state index contributed by atoms with van der Waals surface area (Å²) in [7, 11) is -9.75. The molecule has 0 aliphatic heterocycles. The minimum atomic E-state index is -4.89. The molecule has 1 rings (SSSR count). The number of rotatable bonds is 39. The first-order chi connectivity index (χ1) is 28.9. The molecule has 61 heavy (non-hydrogen) atoms. The van der Waals surface area contributed by atoms with E-state index in [0.717, 1.165) is 63.7 Å². The van der Waals surface area contributed by atoms with Gasteiger partial charge in [0, 0.05) is 25.2 Å². The number of allylic oxidation sites excluding steroid dienone is 1. The normalized spacial score (nSPS) is 19.6. The van der Waals surface area contributed by atoms with Gasteiger partial charge in [0.1, 0.15) is 18.5 Å². The molecule has 6 N–H and O–H groups in total. The minimum absolute atomic E-state index is 0.0275. The lowest BCUT2D eigenvalue weighted by atomic mass is 9.88. The van der Waals surface area contributed by atoms with Crippen molar-refractivity contribution in [2.75, 3.05) is 26.4 Å². The molecule has 18 heteroatoms. The number of phosphoric ester groups is 2. The Morgan fingerprint density at radius 1 is 0.705 bits per heavy atom. The van der Waals surface area contributed by atoms with Crippen LogP contribution in [0.15, 0.2) is 12.2 Å². The smallest absolute Gasteiger partial charge is 0.462 e. The van der Waals surface area contributed by atoms with E-state index in [9.17, 15) is 43.7 Å². The first kappa shape index (κ1) is 57.5. The Balaban J connectivity index is 2.52. The van der Waals surface area contributed by atoms with E-state index in [1.807, 2.05) is 0 Å². The summed E-state index contributed by atoms with van der Waals surface area (Å²) in [5.74, 6) is -1.09. The monoisotopic (exact) mass is 914 g/mol. The molecule has 0 spiro atoms. The summed E-state index contributed by atoms with van der Waals surface area (Å²) < 4.78 is 47.8. The highest BCUT2D eigenvalue weighted by Crippen LogP contribution is 2.44. The Labute approximate surface area is 364 Å². The Morgan fingerprint density at radius 3 is 1.82 bits per heavy atom. The van der Waals surface area contributed by atoms with Crippen LogP contribution in [0, 0.1) is 17.8 Å². The number of aliphatic hydroxyl groups is 3. The summed E-state index contributed by atoms with van der Waals surface area (Å²) in [5.41, 5.74) is 0. The van der Waals surface area contributed by atoms with E-state index in [2.05, 4.69) is 29.8 Å². The zero-order chi connectivity index (χ0) is 45.5. The topological polar surface area (TPSA) is 253 Å². The second-order valence-electron chi connectivity index (χ2n) is 16.9. The van der Waals surface area contributed by atoms with Crippen molar-refractivity contribution in [2.45, 2.75) is 199 Å². The molecule has 0 heterocycles. The highest BCUT2D eigenvalue weighted by atomic mass is 31.2. The molecule has 1 aliphatic carbocycles. The van der Waals surface area contributed by atoms with E-state index in [0.29, 0.717) is 32.1 Å². The molecular weight excluding hydrogens is 834 g/mol. The summed E-state index contributed by atoms with van der Waals surface area (Å²) in [6.07, 6.45) is 19.8. The van der Waals surface area contributed by atoms with Crippen molar-refractivity contribution in [3.8, 4) is 0 Å². The van der Waals surface area contributed by atoms with E-state index >= 15 is 0 Å². The van der Waals surface area contributed by atoms with Gasteiger partial charge in [-0.1, -0.05) is 142 Å². The number of ether oxygens (including phenoxy) is 2. The number of aliphatic hydroxyl groups excluding tert-OH is 3. The fourth-order valence-corrected chi connectivity index (χ4v) is 8.36. The molecule has 1 unspecified atom stereocenters. The van der Waals surface area contributed by atoms with Crippen LogP contribution >= 0.6 is 15.6 Å². The summed E-state index contributed by atoms with van der Waals surface area (Å²) in [4.78, 5) is 65.5. The third kappa shape index (κ3) is 31.9. The fraction of sp³-hybridized carbons (Fsp3) is 0.884. The third-order valence-corrected chi connectivity index (χ3v) is 12.2. The molecule has 0 aromatic carbocycles. The SMILES string of the molecule is CCCCC[C@H](O)/C=C/[C@H]1C(=O)C[C@H](O)[C@@H]1CCCCCCC(=O)OC[C@H](COP(=O)(O)OC[C@@H](O)COP(=O)(O)O)OC(=O)CCCCCCCCCCCCCC(C)C. The van der Waals surface area contributed by atoms with Crippen molar-refractivity contribution in [3.63, 3.8) is 0 Å². The Kier molecular flexibility index (Phi) is 31.9. The lowest BCUT2D eigenvalue weighted by Gasteiger charge is -2.20. The molecule has 1 aliphatic rings. The maximum Gasteiger partial charge on any atom is 0.472 e. The van der Waals surface area contributed by atoms with Crippen molar-refractivity contribution < 1.29 is 76.6 Å². The van der Waals surface area contributed by atoms with Crippen molar-refractivity contribution >= 4 is 33.4 Å². The molecule has 0 amide bonds. The van der Waals surface area contributed by atoms with Gasteiger partial charge in [0.25, 0.3) is 0 Å². The van der Waals surface area contributed by atoms with Crippen LogP contribution in [0.1, 0.15) is 175 Å². The minimum Gasteiger partial charge on any atom is -0.462 e. The van der Waals surface area contributed by atoms with Gasteiger partial charge < -0.3 is 39.5 Å². The lowest BCUT2D eigenvalue weighted by molar-refractivity contribution is -0.161. The lowest BCUT2D eigenvalue weighted by Crippen LogP contribution is -2.30. The predicted octanol–water partition coefficient (Wildman–Crippen LogP) is 8.18. The van der Waals surface area contributed by atoms with Crippen LogP contribution in [0.3, 0.4) is 0 Å².